The van der Waals surface area contributed by atoms with Crippen molar-refractivity contribution < 1.29 is 9.94 Å². The highest BCUT2D eigenvalue weighted by molar-refractivity contribution is 4.72. The van der Waals surface area contributed by atoms with Crippen LogP contribution < -0.4 is 0 Å². The van der Waals surface area contributed by atoms with Gasteiger partial charge in [0.2, 0.25) is 0 Å². The quantitative estimate of drug-likeness (QED) is 0.666. The summed E-state index contributed by atoms with van der Waals surface area (Å²) in [6.45, 7) is 2.22. The molecule has 0 radical (unpaired) electrons. The molecule has 3 nitrogen and oxygen atoms in total. The van der Waals surface area contributed by atoms with Gasteiger partial charge >= 0.3 is 0 Å². The highest BCUT2D eigenvalue weighted by Crippen LogP contribution is 2.26. The first-order valence-electron chi connectivity index (χ1n) is 4.90. The summed E-state index contributed by atoms with van der Waals surface area (Å²) in [5.41, 5.74) is 0. The Morgan fingerprint density at radius 1 is 1.33 bits per heavy atom. The number of β-amino-alcohol motifs (C(OH)–C–C–N with tert-alkyl or cyclic N) is 1. The maximum absolute atomic E-state index is 9.21. The molecule has 70 valence electrons. The van der Waals surface area contributed by atoms with Crippen molar-refractivity contribution >= 4 is 0 Å². The van der Waals surface area contributed by atoms with Gasteiger partial charge in [-0.3, -0.25) is 4.84 Å². The molecule has 3 heteroatoms. The normalized spacial score (nSPS) is 33.2. The summed E-state index contributed by atoms with van der Waals surface area (Å²) in [5.74, 6) is 0.815. The average Bonchev–Trinajstić information content (AvgIpc) is 2.63. The summed E-state index contributed by atoms with van der Waals surface area (Å²) < 4.78 is 0. The monoisotopic (exact) mass is 171 g/mol. The molecular formula is C9H17NO2. The standard InChI is InChI=1S/C9H17NO2/c11-9-6-10(12-7-9)5-8-3-1-2-4-8/h8-9,11H,1-7H2/t9-/m1/s1. The van der Waals surface area contributed by atoms with Gasteiger partial charge in [0.25, 0.3) is 0 Å². The fourth-order valence-electron chi connectivity index (χ4n) is 2.14. The Kier molecular flexibility index (Phi) is 2.63. The molecule has 0 amide bonds. The van der Waals surface area contributed by atoms with Crippen molar-refractivity contribution in [2.75, 3.05) is 19.7 Å². The van der Waals surface area contributed by atoms with Gasteiger partial charge in [0.05, 0.1) is 19.3 Å². The van der Waals surface area contributed by atoms with Gasteiger partial charge in [0.15, 0.2) is 0 Å². The minimum Gasteiger partial charge on any atom is -0.389 e. The molecule has 1 saturated carbocycles. The van der Waals surface area contributed by atoms with E-state index in [4.69, 9.17) is 4.84 Å². The molecule has 1 N–H and O–H groups in total. The van der Waals surface area contributed by atoms with E-state index in [0.29, 0.717) is 13.2 Å². The van der Waals surface area contributed by atoms with Crippen molar-refractivity contribution in [3.8, 4) is 0 Å². The third-order valence-corrected chi connectivity index (χ3v) is 2.80. The van der Waals surface area contributed by atoms with E-state index in [9.17, 15) is 5.11 Å². The minimum atomic E-state index is -0.258. The SMILES string of the molecule is O[C@H]1CON(CC2CCCC2)C1. The molecular weight excluding hydrogens is 154 g/mol. The molecule has 0 unspecified atom stereocenters. The molecule has 2 fully saturated rings. The Hall–Kier alpha value is -0.120. The van der Waals surface area contributed by atoms with Gasteiger partial charge < -0.3 is 5.11 Å². The maximum Gasteiger partial charge on any atom is 0.0958 e. The molecule has 1 atom stereocenters. The molecule has 0 aromatic rings. The van der Waals surface area contributed by atoms with Crippen molar-refractivity contribution in [1.29, 1.82) is 0 Å². The van der Waals surface area contributed by atoms with E-state index in [1.807, 2.05) is 5.06 Å². The third-order valence-electron chi connectivity index (χ3n) is 2.80. The van der Waals surface area contributed by atoms with Crippen LogP contribution in [0, 0.1) is 5.92 Å². The molecule has 0 aromatic heterocycles. The summed E-state index contributed by atoms with van der Waals surface area (Å²) in [5, 5.41) is 11.1. The van der Waals surface area contributed by atoms with Crippen molar-refractivity contribution in [2.24, 2.45) is 5.92 Å². The van der Waals surface area contributed by atoms with Crippen molar-refractivity contribution in [1.82, 2.24) is 5.06 Å². The topological polar surface area (TPSA) is 32.7 Å². The van der Waals surface area contributed by atoms with Crippen LogP contribution in [0.1, 0.15) is 25.7 Å². The third kappa shape index (κ3) is 1.97. The van der Waals surface area contributed by atoms with E-state index >= 15 is 0 Å². The highest BCUT2D eigenvalue weighted by Gasteiger charge is 2.25. The zero-order chi connectivity index (χ0) is 8.39. The predicted octanol–water partition coefficient (Wildman–Crippen LogP) is 0.785. The second-order valence-corrected chi connectivity index (χ2v) is 3.95. The predicted molar refractivity (Wildman–Crippen MR) is 45.5 cm³/mol. The van der Waals surface area contributed by atoms with Gasteiger partial charge in [-0.15, -0.1) is 0 Å². The van der Waals surface area contributed by atoms with Crippen molar-refractivity contribution in [3.05, 3.63) is 0 Å². The first-order valence-corrected chi connectivity index (χ1v) is 4.90. The Labute approximate surface area is 73.3 Å². The Bertz CT molecular complexity index is 145. The first kappa shape index (κ1) is 8.48. The van der Waals surface area contributed by atoms with Crippen LogP contribution in [0.2, 0.25) is 0 Å². The van der Waals surface area contributed by atoms with E-state index in [0.717, 1.165) is 12.5 Å². The van der Waals surface area contributed by atoms with Gasteiger partial charge in [-0.2, -0.15) is 5.06 Å². The Morgan fingerprint density at radius 3 is 2.67 bits per heavy atom. The summed E-state index contributed by atoms with van der Waals surface area (Å²) in [6, 6.07) is 0. The lowest BCUT2D eigenvalue weighted by Gasteiger charge is -2.17. The smallest absolute Gasteiger partial charge is 0.0958 e. The number of aliphatic hydroxyl groups is 1. The van der Waals surface area contributed by atoms with Gasteiger partial charge in [-0.1, -0.05) is 12.8 Å². The Balaban J connectivity index is 1.72. The lowest BCUT2D eigenvalue weighted by Crippen LogP contribution is -2.26. The molecule has 0 aromatic carbocycles. The number of rotatable bonds is 2. The van der Waals surface area contributed by atoms with E-state index in [2.05, 4.69) is 0 Å². The van der Waals surface area contributed by atoms with Crippen LogP contribution in [0.3, 0.4) is 0 Å². The summed E-state index contributed by atoms with van der Waals surface area (Å²) in [4.78, 5) is 5.31. The van der Waals surface area contributed by atoms with E-state index < -0.39 is 0 Å². The molecule has 2 aliphatic rings. The van der Waals surface area contributed by atoms with Crippen LogP contribution in [0.25, 0.3) is 0 Å². The van der Waals surface area contributed by atoms with Crippen LogP contribution in [-0.2, 0) is 4.84 Å². The molecule has 1 heterocycles. The summed E-state index contributed by atoms with van der Waals surface area (Å²) >= 11 is 0. The van der Waals surface area contributed by atoms with E-state index in [1.54, 1.807) is 0 Å². The molecule has 12 heavy (non-hydrogen) atoms. The zero-order valence-corrected chi connectivity index (χ0v) is 7.41. The fourth-order valence-corrected chi connectivity index (χ4v) is 2.14. The van der Waals surface area contributed by atoms with Crippen LogP contribution in [0.5, 0.6) is 0 Å². The minimum absolute atomic E-state index is 0.258. The van der Waals surface area contributed by atoms with Crippen LogP contribution >= 0.6 is 0 Å². The lowest BCUT2D eigenvalue weighted by molar-refractivity contribution is -0.118. The lowest BCUT2D eigenvalue weighted by atomic mass is 10.1. The largest absolute Gasteiger partial charge is 0.389 e. The number of hydroxylamine groups is 2. The van der Waals surface area contributed by atoms with Crippen LogP contribution in [-0.4, -0.2) is 36.0 Å². The van der Waals surface area contributed by atoms with Gasteiger partial charge in [-0.05, 0) is 18.8 Å². The number of hydrogen-bond donors (Lipinski definition) is 1. The highest BCUT2D eigenvalue weighted by atomic mass is 16.7. The van der Waals surface area contributed by atoms with Crippen LogP contribution in [0.15, 0.2) is 0 Å². The zero-order valence-electron chi connectivity index (χ0n) is 7.41. The maximum atomic E-state index is 9.21. The molecule has 0 bridgehead atoms. The molecule has 0 spiro atoms. The van der Waals surface area contributed by atoms with Gasteiger partial charge in [0.1, 0.15) is 0 Å². The van der Waals surface area contributed by atoms with E-state index in [1.165, 1.54) is 25.7 Å². The number of aliphatic hydroxyl groups excluding tert-OH is 1. The van der Waals surface area contributed by atoms with Crippen molar-refractivity contribution in [3.63, 3.8) is 0 Å². The second-order valence-electron chi connectivity index (χ2n) is 3.95. The van der Waals surface area contributed by atoms with Gasteiger partial charge in [0, 0.05) is 6.54 Å². The van der Waals surface area contributed by atoms with Crippen LogP contribution in [0.4, 0.5) is 0 Å². The molecule has 2 rings (SSSR count). The fraction of sp³-hybridized carbons (Fsp3) is 1.00. The summed E-state index contributed by atoms with van der Waals surface area (Å²) in [6.07, 6.45) is 5.18. The van der Waals surface area contributed by atoms with Crippen molar-refractivity contribution in [2.45, 2.75) is 31.8 Å². The Morgan fingerprint density at radius 2 is 2.08 bits per heavy atom. The average molecular weight is 171 g/mol. The molecule has 1 aliphatic heterocycles. The van der Waals surface area contributed by atoms with Gasteiger partial charge in [-0.25, -0.2) is 0 Å². The molecule has 1 saturated heterocycles. The summed E-state index contributed by atoms with van der Waals surface area (Å²) in [7, 11) is 0. The van der Waals surface area contributed by atoms with E-state index in [-0.39, 0.29) is 6.10 Å². The number of nitrogens with zero attached hydrogens (tertiary/aromatic N) is 1. The first-order chi connectivity index (χ1) is 5.84. The molecule has 1 aliphatic carbocycles. The second kappa shape index (κ2) is 3.73. The number of hydrogen-bond acceptors (Lipinski definition) is 3.